The molecule has 0 heterocycles. The minimum absolute atomic E-state index is 0.0479. The van der Waals surface area contributed by atoms with Crippen LogP contribution in [0, 0.1) is 0 Å². The van der Waals surface area contributed by atoms with E-state index in [1.807, 2.05) is 0 Å². The topological polar surface area (TPSA) is 57.6 Å². The van der Waals surface area contributed by atoms with Crippen molar-refractivity contribution < 1.29 is 13.5 Å². The fraction of sp³-hybridized carbons (Fsp3) is 0.400. The number of nitrogens with zero attached hydrogens (tertiary/aromatic N) is 1. The summed E-state index contributed by atoms with van der Waals surface area (Å²) in [6.45, 7) is 3.58. The highest BCUT2D eigenvalue weighted by atomic mass is 32.2. The molecular formula is C10H15NO3S. The van der Waals surface area contributed by atoms with E-state index < -0.39 is 10.0 Å². The van der Waals surface area contributed by atoms with Crippen molar-refractivity contribution >= 4 is 10.0 Å². The Hall–Kier alpha value is -1.07. The fourth-order valence-corrected chi connectivity index (χ4v) is 2.50. The fourth-order valence-electron chi connectivity index (χ4n) is 1.09. The number of phenolic OH excluding ortho intramolecular Hbond substituents is 1. The van der Waals surface area contributed by atoms with Crippen LogP contribution in [0.25, 0.3) is 0 Å². The molecule has 84 valence electrons. The molecule has 0 amide bonds. The lowest BCUT2D eigenvalue weighted by Crippen LogP contribution is -2.32. The molecule has 0 fully saturated rings. The number of phenols is 1. The number of aromatic hydroxyl groups is 1. The summed E-state index contributed by atoms with van der Waals surface area (Å²) in [4.78, 5) is 0.110. The minimum atomic E-state index is -3.49. The van der Waals surface area contributed by atoms with Crippen LogP contribution in [0.5, 0.6) is 5.75 Å². The second kappa shape index (κ2) is 4.20. The predicted octanol–water partition coefficient (Wildman–Crippen LogP) is 1.42. The van der Waals surface area contributed by atoms with E-state index in [1.165, 1.54) is 35.6 Å². The smallest absolute Gasteiger partial charge is 0.243 e. The first-order valence-corrected chi connectivity index (χ1v) is 6.07. The van der Waals surface area contributed by atoms with Crippen molar-refractivity contribution in [3.05, 3.63) is 24.3 Å². The van der Waals surface area contributed by atoms with Gasteiger partial charge in [0.05, 0.1) is 4.90 Å². The molecule has 0 aromatic heterocycles. The molecule has 0 spiro atoms. The zero-order valence-corrected chi connectivity index (χ0v) is 9.82. The Morgan fingerprint density at radius 1 is 1.33 bits per heavy atom. The van der Waals surface area contributed by atoms with Crippen molar-refractivity contribution in [1.82, 2.24) is 4.31 Å². The summed E-state index contributed by atoms with van der Waals surface area (Å²) < 4.78 is 25.1. The molecule has 0 aliphatic heterocycles. The van der Waals surface area contributed by atoms with Gasteiger partial charge in [0.25, 0.3) is 0 Å². The molecule has 0 aliphatic rings. The zero-order valence-electron chi connectivity index (χ0n) is 9.01. The minimum Gasteiger partial charge on any atom is -0.508 e. The standard InChI is InChI=1S/C10H15NO3S/c1-8(2)11(3)15(13,14)10-6-4-5-9(12)7-10/h4-8,12H,1-3H3. The number of sulfonamides is 1. The van der Waals surface area contributed by atoms with E-state index in [2.05, 4.69) is 0 Å². The Labute approximate surface area is 90.2 Å². The van der Waals surface area contributed by atoms with Crippen molar-refractivity contribution in [2.24, 2.45) is 0 Å². The predicted molar refractivity (Wildman–Crippen MR) is 58.2 cm³/mol. The van der Waals surface area contributed by atoms with E-state index in [0.29, 0.717) is 0 Å². The molecule has 1 aromatic rings. The Kier molecular flexibility index (Phi) is 3.36. The highest BCUT2D eigenvalue weighted by molar-refractivity contribution is 7.89. The highest BCUT2D eigenvalue weighted by Crippen LogP contribution is 2.20. The Morgan fingerprint density at radius 2 is 1.93 bits per heavy atom. The van der Waals surface area contributed by atoms with Gasteiger partial charge in [0.15, 0.2) is 0 Å². The van der Waals surface area contributed by atoms with Crippen LogP contribution in [0.3, 0.4) is 0 Å². The van der Waals surface area contributed by atoms with Crippen LogP contribution in [0.15, 0.2) is 29.2 Å². The molecule has 0 atom stereocenters. The van der Waals surface area contributed by atoms with E-state index in [9.17, 15) is 13.5 Å². The Bertz CT molecular complexity index is 440. The lowest BCUT2D eigenvalue weighted by molar-refractivity contribution is 0.409. The maximum absolute atomic E-state index is 11.9. The molecule has 0 saturated heterocycles. The van der Waals surface area contributed by atoms with Crippen LogP contribution in [-0.4, -0.2) is 30.9 Å². The molecule has 0 bridgehead atoms. The zero-order chi connectivity index (χ0) is 11.6. The summed E-state index contributed by atoms with van der Waals surface area (Å²) in [6.07, 6.45) is 0. The average Bonchev–Trinajstić information content (AvgIpc) is 2.16. The highest BCUT2D eigenvalue weighted by Gasteiger charge is 2.22. The van der Waals surface area contributed by atoms with E-state index in [-0.39, 0.29) is 16.7 Å². The SMILES string of the molecule is CC(C)N(C)S(=O)(=O)c1cccc(O)c1. The van der Waals surface area contributed by atoms with E-state index in [0.717, 1.165) is 0 Å². The first-order chi connectivity index (χ1) is 6.85. The monoisotopic (exact) mass is 229 g/mol. The second-order valence-electron chi connectivity index (χ2n) is 3.61. The number of rotatable bonds is 3. The molecule has 4 nitrogen and oxygen atoms in total. The van der Waals surface area contributed by atoms with Crippen LogP contribution in [-0.2, 0) is 10.0 Å². The third-order valence-electron chi connectivity index (χ3n) is 2.22. The van der Waals surface area contributed by atoms with Gasteiger partial charge in [-0.25, -0.2) is 8.42 Å². The Morgan fingerprint density at radius 3 is 2.40 bits per heavy atom. The largest absolute Gasteiger partial charge is 0.508 e. The summed E-state index contributed by atoms with van der Waals surface area (Å²) in [7, 11) is -1.97. The molecule has 15 heavy (non-hydrogen) atoms. The van der Waals surface area contributed by atoms with Crippen LogP contribution < -0.4 is 0 Å². The maximum Gasteiger partial charge on any atom is 0.243 e. The van der Waals surface area contributed by atoms with Crippen LogP contribution in [0.2, 0.25) is 0 Å². The van der Waals surface area contributed by atoms with Gasteiger partial charge >= 0.3 is 0 Å². The van der Waals surface area contributed by atoms with Crippen LogP contribution >= 0.6 is 0 Å². The molecule has 0 aliphatic carbocycles. The van der Waals surface area contributed by atoms with Gasteiger partial charge < -0.3 is 5.11 Å². The van der Waals surface area contributed by atoms with Crippen molar-refractivity contribution in [2.45, 2.75) is 24.8 Å². The van der Waals surface area contributed by atoms with Crippen LogP contribution in [0.4, 0.5) is 0 Å². The molecule has 0 saturated carbocycles. The van der Waals surface area contributed by atoms with Gasteiger partial charge in [0.2, 0.25) is 10.0 Å². The third kappa shape index (κ3) is 2.49. The molecule has 1 N–H and O–H groups in total. The molecule has 5 heteroatoms. The number of hydrogen-bond acceptors (Lipinski definition) is 3. The van der Waals surface area contributed by atoms with Gasteiger partial charge in [-0.15, -0.1) is 0 Å². The van der Waals surface area contributed by atoms with E-state index in [4.69, 9.17) is 0 Å². The summed E-state index contributed by atoms with van der Waals surface area (Å²) in [6, 6.07) is 5.55. The van der Waals surface area contributed by atoms with E-state index in [1.54, 1.807) is 13.8 Å². The summed E-state index contributed by atoms with van der Waals surface area (Å²) in [5.74, 6) is -0.0479. The Balaban J connectivity index is 3.17. The maximum atomic E-state index is 11.9. The van der Waals surface area contributed by atoms with Gasteiger partial charge in [-0.1, -0.05) is 6.07 Å². The van der Waals surface area contributed by atoms with Crippen LogP contribution in [0.1, 0.15) is 13.8 Å². The van der Waals surface area contributed by atoms with Gasteiger partial charge in [0.1, 0.15) is 5.75 Å². The molecule has 1 aromatic carbocycles. The number of benzene rings is 1. The first-order valence-electron chi connectivity index (χ1n) is 4.63. The van der Waals surface area contributed by atoms with Crippen molar-refractivity contribution in [1.29, 1.82) is 0 Å². The summed E-state index contributed by atoms with van der Waals surface area (Å²) in [5, 5.41) is 9.21. The molecule has 0 unspecified atom stereocenters. The lowest BCUT2D eigenvalue weighted by Gasteiger charge is -2.20. The van der Waals surface area contributed by atoms with Crippen molar-refractivity contribution in [2.75, 3.05) is 7.05 Å². The normalized spacial score (nSPS) is 12.3. The molecular weight excluding hydrogens is 214 g/mol. The summed E-state index contributed by atoms with van der Waals surface area (Å²) >= 11 is 0. The summed E-state index contributed by atoms with van der Waals surface area (Å²) in [5.41, 5.74) is 0. The molecule has 1 rings (SSSR count). The third-order valence-corrected chi connectivity index (χ3v) is 4.25. The van der Waals surface area contributed by atoms with Gasteiger partial charge in [0, 0.05) is 13.1 Å². The van der Waals surface area contributed by atoms with Gasteiger partial charge in [-0.2, -0.15) is 4.31 Å². The number of hydrogen-bond donors (Lipinski definition) is 1. The molecule has 0 radical (unpaired) electrons. The second-order valence-corrected chi connectivity index (χ2v) is 5.61. The van der Waals surface area contributed by atoms with E-state index >= 15 is 0 Å². The van der Waals surface area contributed by atoms with Gasteiger partial charge in [-0.3, -0.25) is 0 Å². The lowest BCUT2D eigenvalue weighted by atomic mass is 10.3. The van der Waals surface area contributed by atoms with Crippen molar-refractivity contribution in [3.63, 3.8) is 0 Å². The average molecular weight is 229 g/mol. The quantitative estimate of drug-likeness (QED) is 0.852. The van der Waals surface area contributed by atoms with Crippen molar-refractivity contribution in [3.8, 4) is 5.75 Å². The first kappa shape index (κ1) is 12.0. The van der Waals surface area contributed by atoms with Gasteiger partial charge in [-0.05, 0) is 32.0 Å².